The highest BCUT2D eigenvalue weighted by molar-refractivity contribution is 9.10. The Morgan fingerprint density at radius 2 is 1.73 bits per heavy atom. The first-order valence-corrected chi connectivity index (χ1v) is 15.9. The Morgan fingerprint density at radius 3 is 2.39 bits per heavy atom. The number of hydrogen-bond donors (Lipinski definition) is 1. The van der Waals surface area contributed by atoms with Crippen LogP contribution in [0.1, 0.15) is 43.7 Å². The zero-order chi connectivity index (χ0) is 29.6. The van der Waals surface area contributed by atoms with Crippen molar-refractivity contribution in [2.45, 2.75) is 63.1 Å². The van der Waals surface area contributed by atoms with Crippen molar-refractivity contribution in [2.75, 3.05) is 18.0 Å². The van der Waals surface area contributed by atoms with E-state index in [2.05, 4.69) is 21.2 Å². The quantitative estimate of drug-likeness (QED) is 0.301. The van der Waals surface area contributed by atoms with Crippen molar-refractivity contribution in [1.82, 2.24) is 10.2 Å². The van der Waals surface area contributed by atoms with Gasteiger partial charge in [-0.1, -0.05) is 65.2 Å². The maximum atomic E-state index is 14.1. The minimum absolute atomic E-state index is 0.0434. The number of ether oxygens (including phenoxy) is 1. The number of benzene rings is 3. The summed E-state index contributed by atoms with van der Waals surface area (Å²) in [7, 11) is -2.72. The van der Waals surface area contributed by atoms with Crippen LogP contribution in [0.5, 0.6) is 5.75 Å². The van der Waals surface area contributed by atoms with E-state index in [0.717, 1.165) is 45.6 Å². The molecule has 3 aromatic rings. The first-order valence-electron chi connectivity index (χ1n) is 13.7. The lowest BCUT2D eigenvalue weighted by atomic mass is 10.1. The van der Waals surface area contributed by atoms with Crippen molar-refractivity contribution in [1.29, 1.82) is 0 Å². The summed E-state index contributed by atoms with van der Waals surface area (Å²) in [5.74, 6) is -0.457. The van der Waals surface area contributed by atoms with E-state index in [4.69, 9.17) is 4.74 Å². The number of halogens is 1. The minimum Gasteiger partial charge on any atom is -0.495 e. The van der Waals surface area contributed by atoms with E-state index >= 15 is 0 Å². The average molecular weight is 643 g/mol. The second-order valence-corrected chi connectivity index (χ2v) is 13.1. The van der Waals surface area contributed by atoms with Gasteiger partial charge in [-0.2, -0.15) is 0 Å². The number of sulfonamides is 1. The van der Waals surface area contributed by atoms with Crippen LogP contribution in [-0.2, 0) is 26.2 Å². The van der Waals surface area contributed by atoms with E-state index in [1.54, 1.807) is 37.3 Å². The number of aryl methyl sites for hydroxylation is 1. The molecule has 0 heterocycles. The van der Waals surface area contributed by atoms with Crippen molar-refractivity contribution in [3.63, 3.8) is 0 Å². The Morgan fingerprint density at radius 1 is 1.02 bits per heavy atom. The molecule has 0 spiro atoms. The Balaban J connectivity index is 1.73. The standard InChI is InChI=1S/C31H36BrN3O5S/c1-22-16-17-29(40-3)28(18-22)35(41(38,39)27-14-5-4-6-15-27)21-30(36)34(20-24-10-9-11-25(32)19-24)23(2)31(37)33-26-12-7-8-13-26/h4-6,9-11,14-19,23,26H,7-8,12-13,20-21H2,1-3H3,(H,33,37)/t23-/m1/s1. The fourth-order valence-corrected chi connectivity index (χ4v) is 6.92. The number of anilines is 1. The van der Waals surface area contributed by atoms with Gasteiger partial charge in [0.2, 0.25) is 11.8 Å². The molecule has 0 radical (unpaired) electrons. The molecular weight excluding hydrogens is 606 g/mol. The number of amides is 2. The number of carbonyl (C=O) groups excluding carboxylic acids is 2. The van der Waals surface area contributed by atoms with Crippen molar-refractivity contribution in [3.05, 3.63) is 88.4 Å². The molecule has 0 aliphatic heterocycles. The molecule has 1 aliphatic carbocycles. The topological polar surface area (TPSA) is 96.0 Å². The van der Waals surface area contributed by atoms with Gasteiger partial charge in [-0.05, 0) is 74.2 Å². The second kappa shape index (κ2) is 13.5. The molecule has 1 aliphatic rings. The van der Waals surface area contributed by atoms with Crippen LogP contribution in [-0.4, -0.2) is 50.9 Å². The molecule has 0 saturated heterocycles. The van der Waals surface area contributed by atoms with E-state index in [-0.39, 0.29) is 29.1 Å². The zero-order valence-electron chi connectivity index (χ0n) is 23.5. The van der Waals surface area contributed by atoms with E-state index in [0.29, 0.717) is 5.75 Å². The maximum Gasteiger partial charge on any atom is 0.264 e. The van der Waals surface area contributed by atoms with Crippen molar-refractivity contribution in [3.8, 4) is 5.75 Å². The molecule has 0 aromatic heterocycles. The van der Waals surface area contributed by atoms with Crippen LogP contribution < -0.4 is 14.4 Å². The number of methoxy groups -OCH3 is 1. The lowest BCUT2D eigenvalue weighted by molar-refractivity contribution is -0.139. The molecule has 41 heavy (non-hydrogen) atoms. The summed E-state index contributed by atoms with van der Waals surface area (Å²) >= 11 is 3.47. The number of carbonyl (C=O) groups is 2. The van der Waals surface area contributed by atoms with Crippen LogP contribution in [0.25, 0.3) is 0 Å². The van der Waals surface area contributed by atoms with E-state index < -0.39 is 28.5 Å². The third kappa shape index (κ3) is 7.48. The summed E-state index contributed by atoms with van der Waals surface area (Å²) < 4.78 is 35.5. The largest absolute Gasteiger partial charge is 0.495 e. The monoisotopic (exact) mass is 641 g/mol. The van der Waals surface area contributed by atoms with Crippen molar-refractivity contribution < 1.29 is 22.7 Å². The highest BCUT2D eigenvalue weighted by atomic mass is 79.9. The molecule has 3 aromatic carbocycles. The number of nitrogens with one attached hydrogen (secondary N) is 1. The molecule has 1 saturated carbocycles. The smallest absolute Gasteiger partial charge is 0.264 e. The molecule has 4 rings (SSSR count). The van der Waals surface area contributed by atoms with Gasteiger partial charge in [-0.25, -0.2) is 8.42 Å². The Labute approximate surface area is 250 Å². The maximum absolute atomic E-state index is 14.1. The summed E-state index contributed by atoms with van der Waals surface area (Å²) in [5, 5.41) is 3.08. The van der Waals surface area contributed by atoms with E-state index in [1.165, 1.54) is 24.1 Å². The molecule has 0 unspecified atom stereocenters. The lowest BCUT2D eigenvalue weighted by Gasteiger charge is -2.33. The average Bonchev–Trinajstić information content (AvgIpc) is 3.47. The first kappa shape index (κ1) is 30.6. The SMILES string of the molecule is COc1ccc(C)cc1N(CC(=O)N(Cc1cccc(Br)c1)[C@H](C)C(=O)NC1CCCC1)S(=O)(=O)c1ccccc1. The number of rotatable bonds is 11. The predicted octanol–water partition coefficient (Wildman–Crippen LogP) is 5.44. The molecule has 218 valence electrons. The summed E-state index contributed by atoms with van der Waals surface area (Å²) in [6.45, 7) is 3.13. The summed E-state index contributed by atoms with van der Waals surface area (Å²) in [6, 6.07) is 19.9. The van der Waals surface area contributed by atoms with Gasteiger partial charge >= 0.3 is 0 Å². The van der Waals surface area contributed by atoms with E-state index in [1.807, 2.05) is 37.3 Å². The van der Waals surface area contributed by atoms with Crippen LogP contribution in [0.3, 0.4) is 0 Å². The van der Waals surface area contributed by atoms with Gasteiger partial charge in [-0.3, -0.25) is 13.9 Å². The zero-order valence-corrected chi connectivity index (χ0v) is 25.9. The van der Waals surface area contributed by atoms with Gasteiger partial charge in [-0.15, -0.1) is 0 Å². The fourth-order valence-electron chi connectivity index (χ4n) is 5.03. The Hall–Kier alpha value is -3.37. The molecule has 10 heteroatoms. The molecule has 1 fully saturated rings. The van der Waals surface area contributed by atoms with Crippen LogP contribution >= 0.6 is 15.9 Å². The summed E-state index contributed by atoms with van der Waals surface area (Å²) in [6.07, 6.45) is 3.94. The summed E-state index contributed by atoms with van der Waals surface area (Å²) in [4.78, 5) is 29.0. The Bertz CT molecular complexity index is 1480. The number of nitrogens with zero attached hydrogens (tertiary/aromatic N) is 2. The van der Waals surface area contributed by atoms with Gasteiger partial charge in [0, 0.05) is 17.1 Å². The van der Waals surface area contributed by atoms with Gasteiger partial charge < -0.3 is 15.0 Å². The van der Waals surface area contributed by atoms with Crippen LogP contribution in [0.4, 0.5) is 5.69 Å². The van der Waals surface area contributed by atoms with Crippen LogP contribution in [0.15, 0.2) is 82.2 Å². The van der Waals surface area contributed by atoms with Gasteiger partial charge in [0.25, 0.3) is 10.0 Å². The fraction of sp³-hybridized carbons (Fsp3) is 0.355. The Kier molecular flexibility index (Phi) is 10.1. The molecule has 1 N–H and O–H groups in total. The second-order valence-electron chi connectivity index (χ2n) is 10.3. The van der Waals surface area contributed by atoms with Gasteiger partial charge in [0.05, 0.1) is 17.7 Å². The molecule has 0 bridgehead atoms. The van der Waals surface area contributed by atoms with Gasteiger partial charge in [0.1, 0.15) is 18.3 Å². The van der Waals surface area contributed by atoms with Crippen molar-refractivity contribution in [2.24, 2.45) is 0 Å². The van der Waals surface area contributed by atoms with Gasteiger partial charge in [0.15, 0.2) is 0 Å². The third-order valence-corrected chi connectivity index (χ3v) is 9.59. The predicted molar refractivity (Wildman–Crippen MR) is 163 cm³/mol. The highest BCUT2D eigenvalue weighted by Crippen LogP contribution is 2.34. The summed E-state index contributed by atoms with van der Waals surface area (Å²) in [5.41, 5.74) is 1.85. The van der Waals surface area contributed by atoms with Crippen LogP contribution in [0.2, 0.25) is 0 Å². The lowest BCUT2D eigenvalue weighted by Crippen LogP contribution is -2.52. The van der Waals surface area contributed by atoms with Crippen molar-refractivity contribution >= 4 is 43.5 Å². The number of hydrogen-bond acceptors (Lipinski definition) is 5. The molecule has 2 amide bonds. The molecular formula is C31H36BrN3O5S. The third-order valence-electron chi connectivity index (χ3n) is 7.32. The highest BCUT2D eigenvalue weighted by Gasteiger charge is 2.34. The van der Waals surface area contributed by atoms with Crippen LogP contribution in [0, 0.1) is 6.92 Å². The molecule has 1 atom stereocenters. The first-order chi connectivity index (χ1) is 19.6. The minimum atomic E-state index is -4.18. The van der Waals surface area contributed by atoms with E-state index in [9.17, 15) is 18.0 Å². The molecule has 8 nitrogen and oxygen atoms in total. The normalized spacial score (nSPS) is 14.3.